The Morgan fingerprint density at radius 3 is 1.55 bits per heavy atom. The van der Waals surface area contributed by atoms with Crippen LogP contribution in [0.15, 0.2) is 0 Å². The summed E-state index contributed by atoms with van der Waals surface area (Å²) in [5, 5.41) is 0. The topological polar surface area (TPSA) is 9.23 Å². The van der Waals surface area contributed by atoms with Gasteiger partial charge in [0.15, 0.2) is 0 Å². The van der Waals surface area contributed by atoms with Crippen LogP contribution in [-0.4, -0.2) is 12.2 Å². The zero-order chi connectivity index (χ0) is 9.33. The lowest BCUT2D eigenvalue weighted by Gasteiger charge is -2.14. The molecule has 0 aromatic rings. The molecule has 0 N–H and O–H groups in total. The first kappa shape index (κ1) is 13.5. The van der Waals surface area contributed by atoms with Crippen LogP contribution in [0, 0.1) is 0 Å². The second-order valence-corrected chi connectivity index (χ2v) is 2.71. The zero-order valence-corrected chi connectivity index (χ0v) is 9.03. The standard InChI is InChI=1S/C6H12O.2C2H6/c1-6(2)4-3-5-7-6;2*1-2/h3-5H2,1-2H3;2*1-2H3. The molecule has 1 aliphatic heterocycles. The summed E-state index contributed by atoms with van der Waals surface area (Å²) in [6.07, 6.45) is 2.47. The van der Waals surface area contributed by atoms with E-state index in [0.717, 1.165) is 6.61 Å². The quantitative estimate of drug-likeness (QED) is 0.526. The van der Waals surface area contributed by atoms with Crippen LogP contribution >= 0.6 is 0 Å². The molecule has 1 heteroatoms. The molecule has 1 rings (SSSR count). The molecule has 0 bridgehead atoms. The van der Waals surface area contributed by atoms with Crippen molar-refractivity contribution in [2.24, 2.45) is 0 Å². The minimum atomic E-state index is 0.194. The third kappa shape index (κ3) is 7.86. The van der Waals surface area contributed by atoms with Crippen molar-refractivity contribution in [3.8, 4) is 0 Å². The SMILES string of the molecule is CC.CC.CC1(C)CCCO1. The molecule has 0 unspecified atom stereocenters. The molecule has 0 atom stereocenters. The van der Waals surface area contributed by atoms with Gasteiger partial charge in [-0.2, -0.15) is 0 Å². The first-order valence-corrected chi connectivity index (χ1v) is 4.85. The highest BCUT2D eigenvalue weighted by molar-refractivity contribution is 4.72. The van der Waals surface area contributed by atoms with Gasteiger partial charge >= 0.3 is 0 Å². The second kappa shape index (κ2) is 8.06. The van der Waals surface area contributed by atoms with E-state index in [0.29, 0.717) is 0 Å². The molecule has 1 heterocycles. The maximum absolute atomic E-state index is 5.34. The summed E-state index contributed by atoms with van der Waals surface area (Å²) >= 11 is 0. The van der Waals surface area contributed by atoms with E-state index in [-0.39, 0.29) is 5.60 Å². The molecule has 0 aliphatic carbocycles. The highest BCUT2D eigenvalue weighted by Crippen LogP contribution is 2.22. The van der Waals surface area contributed by atoms with Crippen LogP contribution < -0.4 is 0 Å². The van der Waals surface area contributed by atoms with E-state index in [2.05, 4.69) is 13.8 Å². The molecule has 1 saturated heterocycles. The molecule has 70 valence electrons. The Morgan fingerprint density at radius 2 is 1.45 bits per heavy atom. The Bertz CT molecular complexity index is 59.3. The Kier molecular flexibility index (Phi) is 9.92. The van der Waals surface area contributed by atoms with Crippen LogP contribution in [-0.2, 0) is 4.74 Å². The third-order valence-corrected chi connectivity index (χ3v) is 1.42. The molecule has 1 fully saturated rings. The lowest BCUT2D eigenvalue weighted by molar-refractivity contribution is 0.0367. The Labute approximate surface area is 72.1 Å². The van der Waals surface area contributed by atoms with Crippen molar-refractivity contribution in [3.05, 3.63) is 0 Å². The van der Waals surface area contributed by atoms with Crippen molar-refractivity contribution < 1.29 is 4.74 Å². The van der Waals surface area contributed by atoms with Crippen LogP contribution in [0.2, 0.25) is 0 Å². The van der Waals surface area contributed by atoms with Crippen molar-refractivity contribution in [2.45, 2.75) is 60.0 Å². The number of hydrogen-bond donors (Lipinski definition) is 0. The van der Waals surface area contributed by atoms with Crippen LogP contribution in [0.3, 0.4) is 0 Å². The van der Waals surface area contributed by atoms with E-state index in [1.165, 1.54) is 12.8 Å². The largest absolute Gasteiger partial charge is 0.376 e. The van der Waals surface area contributed by atoms with E-state index >= 15 is 0 Å². The monoisotopic (exact) mass is 160 g/mol. The van der Waals surface area contributed by atoms with Crippen molar-refractivity contribution in [3.63, 3.8) is 0 Å². The Morgan fingerprint density at radius 1 is 1.00 bits per heavy atom. The third-order valence-electron chi connectivity index (χ3n) is 1.42. The Balaban J connectivity index is 0. The van der Waals surface area contributed by atoms with Gasteiger partial charge in [0.2, 0.25) is 0 Å². The maximum atomic E-state index is 5.34. The molecular weight excluding hydrogens is 136 g/mol. The van der Waals surface area contributed by atoms with Gasteiger partial charge in [-0.05, 0) is 26.7 Å². The lowest BCUT2D eigenvalue weighted by atomic mass is 10.1. The number of ether oxygens (including phenoxy) is 1. The number of hydrogen-bond acceptors (Lipinski definition) is 1. The van der Waals surface area contributed by atoms with Gasteiger partial charge in [-0.1, -0.05) is 27.7 Å². The molecule has 11 heavy (non-hydrogen) atoms. The molecule has 0 saturated carbocycles. The summed E-state index contributed by atoms with van der Waals surface area (Å²) in [6, 6.07) is 0. The van der Waals surface area contributed by atoms with Crippen molar-refractivity contribution in [1.29, 1.82) is 0 Å². The second-order valence-electron chi connectivity index (χ2n) is 2.71. The van der Waals surface area contributed by atoms with Crippen LogP contribution in [0.4, 0.5) is 0 Å². The molecule has 1 aliphatic rings. The van der Waals surface area contributed by atoms with Crippen molar-refractivity contribution >= 4 is 0 Å². The average Bonchev–Trinajstić information content (AvgIpc) is 2.43. The molecule has 1 nitrogen and oxygen atoms in total. The summed E-state index contributed by atoms with van der Waals surface area (Å²) < 4.78 is 5.34. The van der Waals surface area contributed by atoms with E-state index in [1.807, 2.05) is 27.7 Å². The lowest BCUT2D eigenvalue weighted by Crippen LogP contribution is -2.15. The van der Waals surface area contributed by atoms with Crippen molar-refractivity contribution in [2.75, 3.05) is 6.61 Å². The van der Waals surface area contributed by atoms with Crippen LogP contribution in [0.1, 0.15) is 54.4 Å². The summed E-state index contributed by atoms with van der Waals surface area (Å²) in [4.78, 5) is 0. The minimum absolute atomic E-state index is 0.194. The number of rotatable bonds is 0. The smallest absolute Gasteiger partial charge is 0.0627 e. The first-order valence-electron chi connectivity index (χ1n) is 4.85. The summed E-state index contributed by atoms with van der Waals surface area (Å²) in [5.41, 5.74) is 0.194. The van der Waals surface area contributed by atoms with Crippen molar-refractivity contribution in [1.82, 2.24) is 0 Å². The molecule has 0 aromatic heterocycles. The molecule has 0 amide bonds. The van der Waals surface area contributed by atoms with Gasteiger partial charge in [-0.15, -0.1) is 0 Å². The van der Waals surface area contributed by atoms with Gasteiger partial charge in [-0.3, -0.25) is 0 Å². The fraction of sp³-hybridized carbons (Fsp3) is 1.00. The van der Waals surface area contributed by atoms with Gasteiger partial charge in [0.25, 0.3) is 0 Å². The molecule has 0 spiro atoms. The van der Waals surface area contributed by atoms with Crippen LogP contribution in [0.25, 0.3) is 0 Å². The first-order chi connectivity index (χ1) is 5.21. The van der Waals surface area contributed by atoms with Gasteiger partial charge in [0.1, 0.15) is 0 Å². The average molecular weight is 160 g/mol. The highest BCUT2D eigenvalue weighted by atomic mass is 16.5. The summed E-state index contributed by atoms with van der Waals surface area (Å²) in [7, 11) is 0. The maximum Gasteiger partial charge on any atom is 0.0627 e. The molecule has 0 radical (unpaired) electrons. The fourth-order valence-electron chi connectivity index (χ4n) is 0.919. The fourth-order valence-corrected chi connectivity index (χ4v) is 0.919. The van der Waals surface area contributed by atoms with Gasteiger partial charge in [0, 0.05) is 6.61 Å². The normalized spacial score (nSPS) is 19.1. The van der Waals surface area contributed by atoms with E-state index in [9.17, 15) is 0 Å². The van der Waals surface area contributed by atoms with Crippen LogP contribution in [0.5, 0.6) is 0 Å². The van der Waals surface area contributed by atoms with Gasteiger partial charge in [0.05, 0.1) is 5.60 Å². The Hall–Kier alpha value is -0.0400. The predicted molar refractivity (Wildman–Crippen MR) is 52.0 cm³/mol. The van der Waals surface area contributed by atoms with Gasteiger partial charge < -0.3 is 4.74 Å². The summed E-state index contributed by atoms with van der Waals surface area (Å²) in [5.74, 6) is 0. The zero-order valence-electron chi connectivity index (χ0n) is 9.03. The predicted octanol–water partition coefficient (Wildman–Crippen LogP) is 3.63. The summed E-state index contributed by atoms with van der Waals surface area (Å²) in [6.45, 7) is 13.2. The van der Waals surface area contributed by atoms with E-state index in [1.54, 1.807) is 0 Å². The highest BCUT2D eigenvalue weighted by Gasteiger charge is 2.22. The molecular formula is C10H24O. The molecule has 0 aromatic carbocycles. The van der Waals surface area contributed by atoms with E-state index in [4.69, 9.17) is 4.74 Å². The van der Waals surface area contributed by atoms with Gasteiger partial charge in [-0.25, -0.2) is 0 Å². The minimum Gasteiger partial charge on any atom is -0.376 e. The van der Waals surface area contributed by atoms with E-state index < -0.39 is 0 Å².